The Morgan fingerprint density at radius 3 is 2.24 bits per heavy atom. The Hall–Kier alpha value is -2.56. The predicted octanol–water partition coefficient (Wildman–Crippen LogP) is 5.82. The summed E-state index contributed by atoms with van der Waals surface area (Å²) >= 11 is 0. The van der Waals surface area contributed by atoms with E-state index in [1.807, 2.05) is 0 Å². The molecule has 1 fully saturated rings. The maximum atomic E-state index is 13.0. The molecule has 2 heterocycles. The number of carbonyl (C=O) groups is 2. The smallest absolute Gasteiger partial charge is 0.253 e. The van der Waals surface area contributed by atoms with Crippen LogP contribution in [0.25, 0.3) is 0 Å². The van der Waals surface area contributed by atoms with E-state index in [-0.39, 0.29) is 11.8 Å². The molecule has 2 N–H and O–H groups in total. The van der Waals surface area contributed by atoms with Gasteiger partial charge in [0.05, 0.1) is 5.56 Å². The largest absolute Gasteiger partial charge is 0.353 e. The van der Waals surface area contributed by atoms with Crippen molar-refractivity contribution in [1.29, 1.82) is 0 Å². The van der Waals surface area contributed by atoms with Gasteiger partial charge in [0, 0.05) is 37.4 Å². The zero-order valence-electron chi connectivity index (χ0n) is 22.5. The molecule has 5 nitrogen and oxygen atoms in total. The van der Waals surface area contributed by atoms with Crippen LogP contribution in [0.5, 0.6) is 0 Å². The van der Waals surface area contributed by atoms with Gasteiger partial charge in [0.1, 0.15) is 0 Å². The summed E-state index contributed by atoms with van der Waals surface area (Å²) in [5.41, 5.74) is 6.96. The van der Waals surface area contributed by atoms with Crippen LogP contribution in [0, 0.1) is 12.8 Å². The van der Waals surface area contributed by atoms with Crippen molar-refractivity contribution in [1.82, 2.24) is 15.2 Å². The predicted molar refractivity (Wildman–Crippen MR) is 141 cm³/mol. The minimum atomic E-state index is 0.0587. The third-order valence-corrected chi connectivity index (χ3v) is 6.68. The van der Waals surface area contributed by atoms with Crippen LogP contribution in [0.2, 0.25) is 0 Å². The summed E-state index contributed by atoms with van der Waals surface area (Å²) in [5, 5.41) is 6.05. The number of hydrogen-bond donors (Lipinski definition) is 2. The van der Waals surface area contributed by atoms with E-state index in [4.69, 9.17) is 0 Å². The molecule has 0 bridgehead atoms. The number of nitrogens with one attached hydrogen (secondary N) is 2. The second-order valence-electron chi connectivity index (χ2n) is 10.1. The Morgan fingerprint density at radius 1 is 1.15 bits per heavy atom. The number of carbonyl (C=O) groups excluding carboxylic acids is 2. The van der Waals surface area contributed by atoms with Gasteiger partial charge >= 0.3 is 0 Å². The van der Waals surface area contributed by atoms with Crippen molar-refractivity contribution in [3.8, 4) is 0 Å². The molecule has 0 aliphatic carbocycles. The van der Waals surface area contributed by atoms with Crippen LogP contribution in [-0.4, -0.2) is 22.4 Å². The van der Waals surface area contributed by atoms with Crippen LogP contribution in [0.3, 0.4) is 0 Å². The Bertz CT molecular complexity index is 955. The molecule has 1 aromatic carbocycles. The molecule has 1 aliphatic heterocycles. The zero-order chi connectivity index (χ0) is 25.4. The van der Waals surface area contributed by atoms with Gasteiger partial charge in [-0.15, -0.1) is 0 Å². The van der Waals surface area contributed by atoms with E-state index in [1.165, 1.54) is 16.8 Å². The number of amides is 2. The molecule has 0 saturated carbocycles. The SMILES string of the molecule is CC(C)C1CCC(=O)N1.CCCc1c(C(=O)NCc2ccc(C)cc2)c(CC)n(C)c1C(C)C. The van der Waals surface area contributed by atoms with Crippen molar-refractivity contribution in [3.63, 3.8) is 0 Å². The third kappa shape index (κ3) is 6.97. The topological polar surface area (TPSA) is 63.1 Å². The van der Waals surface area contributed by atoms with Crippen LogP contribution in [0.1, 0.15) is 105 Å². The molecule has 2 amide bonds. The number of nitrogens with zero attached hydrogens (tertiary/aromatic N) is 1. The van der Waals surface area contributed by atoms with E-state index >= 15 is 0 Å². The fourth-order valence-corrected chi connectivity index (χ4v) is 4.85. The van der Waals surface area contributed by atoms with Gasteiger partial charge in [-0.3, -0.25) is 9.59 Å². The van der Waals surface area contributed by atoms with Crippen molar-refractivity contribution in [2.45, 2.75) is 99.1 Å². The summed E-state index contributed by atoms with van der Waals surface area (Å²) in [6.07, 6.45) is 4.62. The average Bonchev–Trinajstić information content (AvgIpc) is 3.34. The molecule has 1 saturated heterocycles. The molecule has 34 heavy (non-hydrogen) atoms. The molecule has 188 valence electrons. The van der Waals surface area contributed by atoms with Gasteiger partial charge in [-0.2, -0.15) is 0 Å². The van der Waals surface area contributed by atoms with E-state index in [1.54, 1.807) is 0 Å². The van der Waals surface area contributed by atoms with Crippen molar-refractivity contribution in [2.24, 2.45) is 13.0 Å². The lowest BCUT2D eigenvalue weighted by Crippen LogP contribution is -2.29. The number of rotatable bonds is 8. The Kier molecular flexibility index (Phi) is 10.4. The van der Waals surface area contributed by atoms with Gasteiger partial charge in [-0.1, -0.05) is 77.8 Å². The van der Waals surface area contributed by atoms with Gasteiger partial charge in [0.25, 0.3) is 5.91 Å². The third-order valence-electron chi connectivity index (χ3n) is 6.68. The summed E-state index contributed by atoms with van der Waals surface area (Å²) in [6, 6.07) is 8.76. The number of hydrogen-bond acceptors (Lipinski definition) is 2. The zero-order valence-corrected chi connectivity index (χ0v) is 22.5. The summed E-state index contributed by atoms with van der Waals surface area (Å²) in [7, 11) is 2.10. The highest BCUT2D eigenvalue weighted by Crippen LogP contribution is 2.30. The number of aryl methyl sites for hydroxylation is 1. The molecular weight excluding hydrogens is 422 g/mol. The molecule has 1 atom stereocenters. The van der Waals surface area contributed by atoms with Crippen molar-refractivity contribution in [3.05, 3.63) is 57.9 Å². The lowest BCUT2D eigenvalue weighted by molar-refractivity contribution is -0.119. The van der Waals surface area contributed by atoms with E-state index in [2.05, 4.69) is 95.0 Å². The number of aromatic nitrogens is 1. The minimum Gasteiger partial charge on any atom is -0.353 e. The molecule has 0 radical (unpaired) electrons. The molecule has 1 aromatic heterocycles. The molecule has 5 heteroatoms. The first kappa shape index (κ1) is 27.7. The molecule has 2 aromatic rings. The fourth-order valence-electron chi connectivity index (χ4n) is 4.85. The lowest BCUT2D eigenvalue weighted by atomic mass is 9.97. The highest BCUT2D eigenvalue weighted by Gasteiger charge is 2.25. The van der Waals surface area contributed by atoms with Crippen LogP contribution in [-0.2, 0) is 31.2 Å². The second kappa shape index (κ2) is 12.8. The maximum Gasteiger partial charge on any atom is 0.253 e. The Labute approximate surface area is 206 Å². The first-order chi connectivity index (χ1) is 16.1. The molecule has 3 rings (SSSR count). The maximum absolute atomic E-state index is 13.0. The Morgan fingerprint density at radius 2 is 1.79 bits per heavy atom. The normalized spacial score (nSPS) is 15.4. The molecule has 1 unspecified atom stereocenters. The monoisotopic (exact) mass is 467 g/mol. The standard InChI is InChI=1S/C22H32N2O.C7H13NO/c1-7-9-18-20(19(8-2)24(6)21(18)15(3)4)22(25)23-14-17-12-10-16(5)11-13-17;1-5(2)6-3-4-7(9)8-6/h10-13,15H,7-9,14H2,1-6H3,(H,23,25);5-6H,3-4H2,1-2H3,(H,8,9). The van der Waals surface area contributed by atoms with E-state index in [0.29, 0.717) is 24.4 Å². The average molecular weight is 468 g/mol. The van der Waals surface area contributed by atoms with Gasteiger partial charge in [-0.05, 0) is 49.1 Å². The summed E-state index contributed by atoms with van der Waals surface area (Å²) in [5.74, 6) is 1.28. The molecule has 0 spiro atoms. The van der Waals surface area contributed by atoms with Crippen LogP contribution in [0.15, 0.2) is 24.3 Å². The van der Waals surface area contributed by atoms with Crippen molar-refractivity contribution >= 4 is 11.8 Å². The summed E-state index contributed by atoms with van der Waals surface area (Å²) in [6.45, 7) is 15.6. The second-order valence-corrected chi connectivity index (χ2v) is 10.1. The van der Waals surface area contributed by atoms with E-state index < -0.39 is 0 Å². The van der Waals surface area contributed by atoms with E-state index in [0.717, 1.165) is 48.9 Å². The first-order valence-electron chi connectivity index (χ1n) is 12.9. The fraction of sp³-hybridized carbons (Fsp3) is 0.586. The van der Waals surface area contributed by atoms with E-state index in [9.17, 15) is 9.59 Å². The van der Waals surface area contributed by atoms with Crippen molar-refractivity contribution in [2.75, 3.05) is 0 Å². The van der Waals surface area contributed by atoms with Crippen LogP contribution in [0.4, 0.5) is 0 Å². The highest BCUT2D eigenvalue weighted by atomic mass is 16.2. The van der Waals surface area contributed by atoms with Crippen molar-refractivity contribution < 1.29 is 9.59 Å². The van der Waals surface area contributed by atoms with Crippen LogP contribution >= 0.6 is 0 Å². The lowest BCUT2D eigenvalue weighted by Gasteiger charge is -2.12. The van der Waals surface area contributed by atoms with Gasteiger partial charge in [-0.25, -0.2) is 0 Å². The quantitative estimate of drug-likeness (QED) is 0.514. The minimum absolute atomic E-state index is 0.0587. The number of benzene rings is 1. The van der Waals surface area contributed by atoms with Gasteiger partial charge in [0.2, 0.25) is 5.91 Å². The Balaban J connectivity index is 0.000000379. The van der Waals surface area contributed by atoms with Gasteiger partial charge < -0.3 is 15.2 Å². The molecular formula is C29H45N3O2. The summed E-state index contributed by atoms with van der Waals surface area (Å²) in [4.78, 5) is 23.7. The molecule has 1 aliphatic rings. The highest BCUT2D eigenvalue weighted by molar-refractivity contribution is 5.97. The first-order valence-corrected chi connectivity index (χ1v) is 12.9. The van der Waals surface area contributed by atoms with Gasteiger partial charge in [0.15, 0.2) is 0 Å². The summed E-state index contributed by atoms with van der Waals surface area (Å²) < 4.78 is 2.25. The van der Waals surface area contributed by atoms with Crippen LogP contribution < -0.4 is 10.6 Å².